The Balaban J connectivity index is 1.83. The number of carbonyl (C=O) groups is 2. The number of likely N-dealkylation sites (N-methyl/N-ethyl adjacent to an activating group) is 1. The van der Waals surface area contributed by atoms with Crippen LogP contribution >= 0.6 is 0 Å². The van der Waals surface area contributed by atoms with E-state index in [9.17, 15) is 9.59 Å². The minimum Gasteiger partial charge on any atom is -0.493 e. The van der Waals surface area contributed by atoms with Crippen molar-refractivity contribution < 1.29 is 28.2 Å². The Morgan fingerprint density at radius 2 is 2.04 bits per heavy atom. The zero-order chi connectivity index (χ0) is 20.3. The molecular formula is C18H22N4O6. The Morgan fingerprint density at radius 3 is 2.68 bits per heavy atom. The van der Waals surface area contributed by atoms with Crippen LogP contribution in [0.15, 0.2) is 22.6 Å². The van der Waals surface area contributed by atoms with E-state index in [1.807, 2.05) is 0 Å². The smallest absolute Gasteiger partial charge is 0.254 e. The number of ether oxygens (including phenoxy) is 3. The maximum Gasteiger partial charge on any atom is 0.254 e. The molecule has 0 bridgehead atoms. The van der Waals surface area contributed by atoms with E-state index in [1.165, 1.54) is 19.1 Å². The van der Waals surface area contributed by atoms with E-state index in [4.69, 9.17) is 18.6 Å². The molecule has 1 aliphatic heterocycles. The Hall–Kier alpha value is -3.14. The minimum atomic E-state index is -0.912. The fraction of sp³-hybridized carbons (Fsp3) is 0.444. The lowest BCUT2D eigenvalue weighted by molar-refractivity contribution is -0.155. The Kier molecular flexibility index (Phi) is 5.78. The predicted octanol–water partition coefficient (Wildman–Crippen LogP) is 0.610. The quantitative estimate of drug-likeness (QED) is 0.763. The lowest BCUT2D eigenvalue weighted by Crippen LogP contribution is -2.52. The van der Waals surface area contributed by atoms with Crippen LogP contribution in [0.3, 0.4) is 0 Å². The lowest BCUT2D eigenvalue weighted by atomic mass is 9.98. The van der Waals surface area contributed by atoms with Crippen LogP contribution in [-0.4, -0.2) is 60.9 Å². The summed E-state index contributed by atoms with van der Waals surface area (Å²) < 4.78 is 21.4. The number of aryl methyl sites for hydroxylation is 1. The average molecular weight is 390 g/mol. The highest BCUT2D eigenvalue weighted by Gasteiger charge is 2.38. The van der Waals surface area contributed by atoms with E-state index >= 15 is 0 Å². The molecule has 1 aliphatic rings. The van der Waals surface area contributed by atoms with Gasteiger partial charge in [0.15, 0.2) is 17.6 Å². The summed E-state index contributed by atoms with van der Waals surface area (Å²) >= 11 is 0. The fourth-order valence-electron chi connectivity index (χ4n) is 2.97. The van der Waals surface area contributed by atoms with Crippen LogP contribution in [0.1, 0.15) is 23.4 Å². The molecule has 0 radical (unpaired) electrons. The summed E-state index contributed by atoms with van der Waals surface area (Å²) in [6.45, 7) is 1.60. The summed E-state index contributed by atoms with van der Waals surface area (Å²) in [5.74, 6) is 1.13. The van der Waals surface area contributed by atoms with Crippen molar-refractivity contribution >= 4 is 11.8 Å². The Bertz CT molecular complexity index is 868. The first-order valence-corrected chi connectivity index (χ1v) is 8.59. The number of methoxy groups -OCH3 is 2. The van der Waals surface area contributed by atoms with Gasteiger partial charge in [-0.25, -0.2) is 0 Å². The third-order valence-corrected chi connectivity index (χ3v) is 4.34. The van der Waals surface area contributed by atoms with Gasteiger partial charge in [-0.2, -0.15) is 0 Å². The molecule has 3 rings (SSSR count). The second kappa shape index (κ2) is 8.26. The molecule has 10 heteroatoms. The van der Waals surface area contributed by atoms with Crippen LogP contribution in [0.5, 0.6) is 11.5 Å². The van der Waals surface area contributed by atoms with Crippen LogP contribution in [0.4, 0.5) is 0 Å². The highest BCUT2D eigenvalue weighted by Crippen LogP contribution is 2.32. The first kappa shape index (κ1) is 19.6. The number of rotatable bonds is 6. The molecule has 10 nitrogen and oxygen atoms in total. The molecule has 2 amide bonds. The van der Waals surface area contributed by atoms with E-state index in [2.05, 4.69) is 15.5 Å². The molecule has 2 aromatic rings. The van der Waals surface area contributed by atoms with Gasteiger partial charge in [0.25, 0.3) is 5.91 Å². The highest BCUT2D eigenvalue weighted by atomic mass is 16.5. The van der Waals surface area contributed by atoms with Crippen LogP contribution in [-0.2, 0) is 20.9 Å². The van der Waals surface area contributed by atoms with Crippen LogP contribution in [0, 0.1) is 6.92 Å². The Morgan fingerprint density at radius 1 is 1.29 bits per heavy atom. The van der Waals surface area contributed by atoms with Crippen molar-refractivity contribution in [1.82, 2.24) is 20.4 Å². The number of amides is 2. The molecule has 2 atom stereocenters. The second-order valence-corrected chi connectivity index (χ2v) is 6.30. The lowest BCUT2D eigenvalue weighted by Gasteiger charge is -2.34. The first-order valence-electron chi connectivity index (χ1n) is 8.59. The molecule has 1 N–H and O–H groups in total. The summed E-state index contributed by atoms with van der Waals surface area (Å²) in [6.07, 6.45) is -0.912. The third kappa shape index (κ3) is 4.06. The number of nitrogens with one attached hydrogen (secondary N) is 1. The van der Waals surface area contributed by atoms with Crippen molar-refractivity contribution in [2.75, 3.05) is 27.9 Å². The molecule has 150 valence electrons. The zero-order valence-corrected chi connectivity index (χ0v) is 16.1. The van der Waals surface area contributed by atoms with Crippen LogP contribution in [0.25, 0.3) is 0 Å². The number of hydrogen-bond acceptors (Lipinski definition) is 8. The molecule has 0 saturated carbocycles. The summed E-state index contributed by atoms with van der Waals surface area (Å²) in [5.41, 5.74) is 0.658. The van der Waals surface area contributed by atoms with Gasteiger partial charge in [-0.3, -0.25) is 9.59 Å². The molecule has 0 aliphatic carbocycles. The number of aromatic nitrogens is 2. The predicted molar refractivity (Wildman–Crippen MR) is 95.7 cm³/mol. The molecule has 28 heavy (non-hydrogen) atoms. The zero-order valence-electron chi connectivity index (χ0n) is 16.1. The number of nitrogens with zero attached hydrogens (tertiary/aromatic N) is 3. The van der Waals surface area contributed by atoms with Gasteiger partial charge >= 0.3 is 0 Å². The summed E-state index contributed by atoms with van der Waals surface area (Å²) in [5, 5.41) is 10.5. The van der Waals surface area contributed by atoms with Crippen molar-refractivity contribution in [2.45, 2.75) is 25.6 Å². The number of hydrogen-bond donors (Lipinski definition) is 1. The van der Waals surface area contributed by atoms with Crippen LogP contribution in [0.2, 0.25) is 0 Å². The first-order chi connectivity index (χ1) is 13.4. The van der Waals surface area contributed by atoms with Crippen molar-refractivity contribution in [1.29, 1.82) is 0 Å². The van der Waals surface area contributed by atoms with Crippen molar-refractivity contribution in [3.63, 3.8) is 0 Å². The highest BCUT2D eigenvalue weighted by molar-refractivity contribution is 5.86. The van der Waals surface area contributed by atoms with Gasteiger partial charge in [0.05, 0.1) is 26.8 Å². The van der Waals surface area contributed by atoms with Gasteiger partial charge in [-0.1, -0.05) is 6.07 Å². The summed E-state index contributed by atoms with van der Waals surface area (Å²) in [4.78, 5) is 26.3. The van der Waals surface area contributed by atoms with E-state index in [-0.39, 0.29) is 25.0 Å². The van der Waals surface area contributed by atoms with E-state index in [1.54, 1.807) is 32.2 Å². The average Bonchev–Trinajstić information content (AvgIpc) is 3.11. The van der Waals surface area contributed by atoms with Crippen LogP contribution < -0.4 is 14.8 Å². The van der Waals surface area contributed by atoms with Gasteiger partial charge in [-0.15, -0.1) is 10.2 Å². The van der Waals surface area contributed by atoms with Gasteiger partial charge < -0.3 is 28.8 Å². The SMILES string of the molecule is COc1ccc([C@H]2NC(=O)CO[C@@H]2C(=O)N(C)Cc2nnc(C)o2)cc1OC. The molecule has 1 fully saturated rings. The van der Waals surface area contributed by atoms with E-state index in [0.29, 0.717) is 28.8 Å². The molecule has 1 aromatic heterocycles. The van der Waals surface area contributed by atoms with Gasteiger partial charge in [0.2, 0.25) is 17.7 Å². The third-order valence-electron chi connectivity index (χ3n) is 4.34. The summed E-state index contributed by atoms with van der Waals surface area (Å²) in [6, 6.07) is 4.49. The molecule has 1 saturated heterocycles. The van der Waals surface area contributed by atoms with Gasteiger partial charge in [0.1, 0.15) is 6.61 Å². The number of morpholine rings is 1. The summed E-state index contributed by atoms with van der Waals surface area (Å²) in [7, 11) is 4.65. The number of benzene rings is 1. The van der Waals surface area contributed by atoms with Gasteiger partial charge in [-0.05, 0) is 17.7 Å². The molecule has 0 spiro atoms. The van der Waals surface area contributed by atoms with Crippen molar-refractivity contribution in [3.05, 3.63) is 35.5 Å². The second-order valence-electron chi connectivity index (χ2n) is 6.30. The molecule has 1 aromatic carbocycles. The molecular weight excluding hydrogens is 368 g/mol. The normalized spacial score (nSPS) is 19.1. The largest absolute Gasteiger partial charge is 0.493 e. The maximum atomic E-state index is 13.0. The minimum absolute atomic E-state index is 0.131. The van der Waals surface area contributed by atoms with Crippen molar-refractivity contribution in [3.8, 4) is 11.5 Å². The molecule has 0 unspecified atom stereocenters. The topological polar surface area (TPSA) is 116 Å². The van der Waals surface area contributed by atoms with Gasteiger partial charge in [0, 0.05) is 14.0 Å². The monoisotopic (exact) mass is 390 g/mol. The van der Waals surface area contributed by atoms with E-state index < -0.39 is 12.1 Å². The fourth-order valence-corrected chi connectivity index (χ4v) is 2.97. The Labute approximate surface area is 161 Å². The van der Waals surface area contributed by atoms with E-state index in [0.717, 1.165) is 0 Å². The maximum absolute atomic E-state index is 13.0. The molecule has 2 heterocycles. The number of carbonyl (C=O) groups excluding carboxylic acids is 2. The standard InChI is InChI=1S/C18H22N4O6/c1-10-20-21-15(28-10)8-22(2)18(24)17-16(19-14(23)9-27-17)11-5-6-12(25-3)13(7-11)26-4/h5-7,16-17H,8-9H2,1-4H3,(H,19,23)/t16-,17+/m1/s1. The van der Waals surface area contributed by atoms with Crippen molar-refractivity contribution in [2.24, 2.45) is 0 Å².